The van der Waals surface area contributed by atoms with Crippen molar-refractivity contribution >= 4 is 11.9 Å². The van der Waals surface area contributed by atoms with E-state index in [-0.39, 0.29) is 36.4 Å². The van der Waals surface area contributed by atoms with Crippen molar-refractivity contribution in [3.63, 3.8) is 0 Å². The zero-order valence-electron chi connectivity index (χ0n) is 17.3. The van der Waals surface area contributed by atoms with Crippen LogP contribution in [0, 0.1) is 0 Å². The van der Waals surface area contributed by atoms with Crippen molar-refractivity contribution in [2.75, 3.05) is 6.61 Å². The summed E-state index contributed by atoms with van der Waals surface area (Å²) in [4.78, 5) is 28.1. The van der Waals surface area contributed by atoms with Gasteiger partial charge in [-0.2, -0.15) is 0 Å². The molecule has 154 valence electrons. The van der Waals surface area contributed by atoms with Crippen molar-refractivity contribution < 1.29 is 14.3 Å². The third kappa shape index (κ3) is 3.15. The average Bonchev–Trinajstić information content (AvgIpc) is 3.11. The van der Waals surface area contributed by atoms with Crippen LogP contribution in [0.25, 0.3) is 0 Å². The summed E-state index contributed by atoms with van der Waals surface area (Å²) in [5.41, 5.74) is 4.33. The SMILES string of the molecule is CCOC(=O)C1=CN2C(=O)c3ccccc3[C@@H]2C(c2ccccc2)[C@@H]1c1ccccc1. The molecule has 0 aliphatic carbocycles. The van der Waals surface area contributed by atoms with E-state index in [1.54, 1.807) is 18.0 Å². The maximum absolute atomic E-state index is 13.3. The lowest BCUT2D eigenvalue weighted by Gasteiger charge is -2.41. The van der Waals surface area contributed by atoms with Crippen molar-refractivity contribution in [1.82, 2.24) is 4.90 Å². The second kappa shape index (κ2) is 7.88. The number of amides is 1. The molecule has 3 atom stereocenters. The fourth-order valence-electron chi connectivity index (χ4n) is 4.97. The number of rotatable bonds is 4. The number of hydrogen-bond donors (Lipinski definition) is 0. The van der Waals surface area contributed by atoms with E-state index in [9.17, 15) is 9.59 Å². The molecule has 2 aliphatic heterocycles. The van der Waals surface area contributed by atoms with Gasteiger partial charge in [-0.3, -0.25) is 4.79 Å². The second-order valence-electron chi connectivity index (χ2n) is 7.87. The van der Waals surface area contributed by atoms with Crippen LogP contribution in [0.3, 0.4) is 0 Å². The zero-order valence-corrected chi connectivity index (χ0v) is 17.3. The number of esters is 1. The summed E-state index contributed by atoms with van der Waals surface area (Å²) in [5, 5.41) is 0. The Morgan fingerprint density at radius 3 is 2.16 bits per heavy atom. The molecule has 0 saturated heterocycles. The van der Waals surface area contributed by atoms with Gasteiger partial charge in [0.05, 0.1) is 18.2 Å². The summed E-state index contributed by atoms with van der Waals surface area (Å²) < 4.78 is 5.43. The summed E-state index contributed by atoms with van der Waals surface area (Å²) in [7, 11) is 0. The van der Waals surface area contributed by atoms with Crippen LogP contribution in [0.5, 0.6) is 0 Å². The molecule has 0 radical (unpaired) electrons. The van der Waals surface area contributed by atoms with Gasteiger partial charge in [-0.25, -0.2) is 4.79 Å². The topological polar surface area (TPSA) is 46.6 Å². The van der Waals surface area contributed by atoms with Crippen LogP contribution in [-0.2, 0) is 9.53 Å². The van der Waals surface area contributed by atoms with E-state index in [2.05, 4.69) is 12.1 Å². The monoisotopic (exact) mass is 409 g/mol. The fraction of sp³-hybridized carbons (Fsp3) is 0.185. The third-order valence-corrected chi connectivity index (χ3v) is 6.21. The lowest BCUT2D eigenvalue weighted by atomic mass is 9.70. The minimum atomic E-state index is -0.375. The van der Waals surface area contributed by atoms with Gasteiger partial charge in [0.25, 0.3) is 5.91 Å². The lowest BCUT2D eigenvalue weighted by Crippen LogP contribution is -2.37. The normalized spacial score (nSPS) is 21.8. The van der Waals surface area contributed by atoms with Crippen molar-refractivity contribution in [2.24, 2.45) is 0 Å². The summed E-state index contributed by atoms with van der Waals surface area (Å²) in [5.74, 6) is -0.808. The zero-order chi connectivity index (χ0) is 21.4. The van der Waals surface area contributed by atoms with Gasteiger partial charge in [0.2, 0.25) is 0 Å². The van der Waals surface area contributed by atoms with Gasteiger partial charge in [-0.1, -0.05) is 78.9 Å². The first-order valence-electron chi connectivity index (χ1n) is 10.6. The molecule has 31 heavy (non-hydrogen) atoms. The van der Waals surface area contributed by atoms with Gasteiger partial charge in [-0.05, 0) is 29.7 Å². The van der Waals surface area contributed by atoms with E-state index in [1.807, 2.05) is 72.8 Å². The molecule has 4 nitrogen and oxygen atoms in total. The van der Waals surface area contributed by atoms with E-state index in [0.29, 0.717) is 11.1 Å². The average molecular weight is 409 g/mol. The Balaban J connectivity index is 1.77. The summed E-state index contributed by atoms with van der Waals surface area (Å²) >= 11 is 0. The van der Waals surface area contributed by atoms with Crippen molar-refractivity contribution in [3.05, 3.63) is 119 Å². The molecule has 1 amide bonds. The predicted octanol–water partition coefficient (Wildman–Crippen LogP) is 5.21. The Labute approximate surface area is 181 Å². The van der Waals surface area contributed by atoms with E-state index < -0.39 is 0 Å². The largest absolute Gasteiger partial charge is 0.463 e. The predicted molar refractivity (Wildman–Crippen MR) is 118 cm³/mol. The van der Waals surface area contributed by atoms with Gasteiger partial charge >= 0.3 is 5.97 Å². The molecular formula is C27H23NO3. The number of nitrogens with zero attached hydrogens (tertiary/aromatic N) is 1. The number of benzene rings is 3. The molecule has 0 fully saturated rings. The Bertz CT molecular complexity index is 1150. The number of fused-ring (bicyclic) bond motifs is 3. The minimum absolute atomic E-state index is 0.0742. The smallest absolute Gasteiger partial charge is 0.336 e. The van der Waals surface area contributed by atoms with Crippen molar-refractivity contribution in [1.29, 1.82) is 0 Å². The molecule has 0 saturated carbocycles. The number of carbonyl (C=O) groups excluding carboxylic acids is 2. The summed E-state index contributed by atoms with van der Waals surface area (Å²) in [6.07, 6.45) is 1.72. The molecule has 0 bridgehead atoms. The van der Waals surface area contributed by atoms with Crippen molar-refractivity contribution in [3.8, 4) is 0 Å². The number of ether oxygens (including phenoxy) is 1. The maximum atomic E-state index is 13.3. The van der Waals surface area contributed by atoms with E-state index in [0.717, 1.165) is 16.7 Å². The quantitative estimate of drug-likeness (QED) is 0.556. The molecule has 4 heteroatoms. The van der Waals surface area contributed by atoms with Crippen LogP contribution in [-0.4, -0.2) is 23.4 Å². The van der Waals surface area contributed by atoms with Crippen molar-refractivity contribution in [2.45, 2.75) is 24.8 Å². The van der Waals surface area contributed by atoms with Gasteiger partial charge < -0.3 is 9.64 Å². The molecule has 0 aromatic heterocycles. The second-order valence-corrected chi connectivity index (χ2v) is 7.87. The molecule has 2 heterocycles. The third-order valence-electron chi connectivity index (χ3n) is 6.21. The highest BCUT2D eigenvalue weighted by molar-refractivity contribution is 6.02. The van der Waals surface area contributed by atoms with Gasteiger partial charge in [0.1, 0.15) is 0 Å². The molecule has 0 N–H and O–H groups in total. The Morgan fingerprint density at radius 2 is 1.48 bits per heavy atom. The first-order valence-corrected chi connectivity index (χ1v) is 10.6. The Morgan fingerprint density at radius 1 is 0.871 bits per heavy atom. The van der Waals surface area contributed by atoms with Crippen LogP contribution in [0.2, 0.25) is 0 Å². The highest BCUT2D eigenvalue weighted by Gasteiger charge is 2.49. The molecule has 1 unspecified atom stereocenters. The first kappa shape index (κ1) is 19.3. The number of carbonyl (C=O) groups is 2. The highest BCUT2D eigenvalue weighted by atomic mass is 16.5. The van der Waals surface area contributed by atoms with Crippen LogP contribution in [0.1, 0.15) is 51.8 Å². The molecule has 3 aromatic carbocycles. The van der Waals surface area contributed by atoms with E-state index >= 15 is 0 Å². The van der Waals surface area contributed by atoms with Gasteiger partial charge in [-0.15, -0.1) is 0 Å². The molecule has 5 rings (SSSR count). The molecule has 3 aromatic rings. The minimum Gasteiger partial charge on any atom is -0.463 e. The van der Waals surface area contributed by atoms with Crippen LogP contribution >= 0.6 is 0 Å². The summed E-state index contributed by atoms with van der Waals surface area (Å²) in [6.45, 7) is 2.08. The van der Waals surface area contributed by atoms with Gasteiger partial charge in [0, 0.05) is 23.6 Å². The Hall–Kier alpha value is -3.66. The first-order chi connectivity index (χ1) is 15.2. The highest BCUT2D eigenvalue weighted by Crippen LogP contribution is 2.55. The summed E-state index contributed by atoms with van der Waals surface area (Å²) in [6, 6.07) is 27.8. The molecule has 2 aliphatic rings. The van der Waals surface area contributed by atoms with Crippen LogP contribution in [0.4, 0.5) is 0 Å². The lowest BCUT2D eigenvalue weighted by molar-refractivity contribution is -0.139. The fourth-order valence-corrected chi connectivity index (χ4v) is 4.97. The van der Waals surface area contributed by atoms with Crippen LogP contribution < -0.4 is 0 Å². The van der Waals surface area contributed by atoms with Crippen LogP contribution in [0.15, 0.2) is 96.7 Å². The van der Waals surface area contributed by atoms with E-state index in [1.165, 1.54) is 0 Å². The molecular weight excluding hydrogens is 386 g/mol. The maximum Gasteiger partial charge on any atom is 0.336 e. The number of hydrogen-bond acceptors (Lipinski definition) is 3. The standard InChI is InChI=1S/C27H23NO3/c1-2-31-27(30)22-17-28-25(20-15-9-10-16-21(20)26(28)29)24(19-13-7-4-8-14-19)23(22)18-11-5-3-6-12-18/h3-17,23-25H,2H2,1H3/t23-,24?,25-/m1/s1. The van der Waals surface area contributed by atoms with Gasteiger partial charge in [0.15, 0.2) is 0 Å². The molecule has 0 spiro atoms. The van der Waals surface area contributed by atoms with E-state index in [4.69, 9.17) is 4.74 Å². The Kier molecular flexibility index (Phi) is 4.91.